The summed E-state index contributed by atoms with van der Waals surface area (Å²) in [5.41, 5.74) is 3.80. The van der Waals surface area contributed by atoms with Crippen molar-refractivity contribution in [3.05, 3.63) is 100 Å². The van der Waals surface area contributed by atoms with Gasteiger partial charge in [-0.1, -0.05) is 48.5 Å². The number of hydrogen-bond donors (Lipinski definition) is 1. The number of hydrogen-bond acceptors (Lipinski definition) is 5. The van der Waals surface area contributed by atoms with Gasteiger partial charge in [0.2, 0.25) is 0 Å². The maximum absolute atomic E-state index is 12.9. The Morgan fingerprint density at radius 1 is 0.967 bits per heavy atom. The Bertz CT molecular complexity index is 1280. The fourth-order valence-corrected chi connectivity index (χ4v) is 3.42. The summed E-state index contributed by atoms with van der Waals surface area (Å²) in [6.45, 7) is 0. The van der Waals surface area contributed by atoms with Crippen molar-refractivity contribution in [2.75, 3.05) is 6.26 Å². The van der Waals surface area contributed by atoms with Crippen LogP contribution in [0, 0.1) is 0 Å². The van der Waals surface area contributed by atoms with Crippen molar-refractivity contribution >= 4 is 34.7 Å². The van der Waals surface area contributed by atoms with Crippen molar-refractivity contribution in [2.45, 2.75) is 4.90 Å². The molecular weight excluding hydrogens is 396 g/mol. The van der Waals surface area contributed by atoms with Crippen LogP contribution in [0.2, 0.25) is 0 Å². The van der Waals surface area contributed by atoms with Gasteiger partial charge in [0.25, 0.3) is 11.5 Å². The highest BCUT2D eigenvalue weighted by molar-refractivity contribution is 7.98. The molecule has 0 radical (unpaired) electrons. The highest BCUT2D eigenvalue weighted by Gasteiger charge is 2.17. The van der Waals surface area contributed by atoms with E-state index in [1.807, 2.05) is 48.7 Å². The molecule has 0 aliphatic carbocycles. The van der Waals surface area contributed by atoms with Crippen LogP contribution in [0.1, 0.15) is 16.1 Å². The van der Waals surface area contributed by atoms with Crippen molar-refractivity contribution in [2.24, 2.45) is 5.10 Å². The summed E-state index contributed by atoms with van der Waals surface area (Å²) in [5.74, 6) is -0.493. The number of amides is 1. The van der Waals surface area contributed by atoms with E-state index in [1.54, 1.807) is 54.4 Å². The molecule has 1 heterocycles. The summed E-state index contributed by atoms with van der Waals surface area (Å²) in [6, 6.07) is 23.7. The molecule has 6 nitrogen and oxygen atoms in total. The number of benzene rings is 3. The molecule has 0 saturated carbocycles. The van der Waals surface area contributed by atoms with Crippen molar-refractivity contribution in [1.82, 2.24) is 15.2 Å². The summed E-state index contributed by atoms with van der Waals surface area (Å²) in [4.78, 5) is 26.9. The van der Waals surface area contributed by atoms with Crippen LogP contribution in [0.25, 0.3) is 16.5 Å². The molecule has 0 saturated heterocycles. The van der Waals surface area contributed by atoms with E-state index in [2.05, 4.69) is 15.6 Å². The third kappa shape index (κ3) is 4.01. The second kappa shape index (κ2) is 8.75. The number of nitrogens with zero attached hydrogens (tertiary/aromatic N) is 3. The molecule has 148 valence electrons. The van der Waals surface area contributed by atoms with Crippen LogP contribution in [-0.4, -0.2) is 28.2 Å². The van der Waals surface area contributed by atoms with Crippen LogP contribution in [-0.2, 0) is 0 Å². The highest BCUT2D eigenvalue weighted by atomic mass is 32.2. The van der Waals surface area contributed by atoms with E-state index in [-0.39, 0.29) is 11.3 Å². The van der Waals surface area contributed by atoms with Gasteiger partial charge in [-0.3, -0.25) is 9.59 Å². The third-order valence-electron chi connectivity index (χ3n) is 4.52. The number of fused-ring (bicyclic) bond motifs is 1. The topological polar surface area (TPSA) is 76.3 Å². The summed E-state index contributed by atoms with van der Waals surface area (Å²) in [5, 5.41) is 9.27. The predicted octanol–water partition coefficient (Wildman–Crippen LogP) is 3.87. The van der Waals surface area contributed by atoms with Crippen LogP contribution < -0.4 is 11.0 Å². The lowest BCUT2D eigenvalue weighted by Crippen LogP contribution is -2.28. The van der Waals surface area contributed by atoms with E-state index in [4.69, 9.17) is 0 Å². The maximum atomic E-state index is 12.9. The van der Waals surface area contributed by atoms with Crippen LogP contribution in [0.4, 0.5) is 0 Å². The summed E-state index contributed by atoms with van der Waals surface area (Å²) in [6.07, 6.45) is 3.58. The van der Waals surface area contributed by atoms with Gasteiger partial charge in [-0.05, 0) is 42.2 Å². The monoisotopic (exact) mass is 414 g/mol. The maximum Gasteiger partial charge on any atom is 0.292 e. The Morgan fingerprint density at radius 2 is 1.63 bits per heavy atom. The number of rotatable bonds is 5. The average Bonchev–Trinajstić information content (AvgIpc) is 2.80. The van der Waals surface area contributed by atoms with E-state index in [0.29, 0.717) is 16.5 Å². The van der Waals surface area contributed by atoms with E-state index in [0.717, 1.165) is 10.5 Å². The number of hydrazone groups is 1. The van der Waals surface area contributed by atoms with Gasteiger partial charge in [-0.15, -0.1) is 11.8 Å². The molecule has 0 atom stereocenters. The normalized spacial score (nSPS) is 11.1. The fourth-order valence-electron chi connectivity index (χ4n) is 3.01. The molecular formula is C23H18N4O2S. The zero-order chi connectivity index (χ0) is 20.9. The SMILES string of the molecule is CSc1ccc(/C=N\NC(=O)c2nn(-c3ccccc3)c(=O)c3ccccc23)cc1. The number of nitrogens with one attached hydrogen (secondary N) is 1. The molecule has 0 unspecified atom stereocenters. The second-order valence-corrected chi connectivity index (χ2v) is 7.30. The van der Waals surface area contributed by atoms with Crippen molar-refractivity contribution in [1.29, 1.82) is 0 Å². The highest BCUT2D eigenvalue weighted by Crippen LogP contribution is 2.16. The first-order valence-electron chi connectivity index (χ1n) is 9.22. The Morgan fingerprint density at radius 3 is 2.33 bits per heavy atom. The van der Waals surface area contributed by atoms with Gasteiger partial charge in [-0.2, -0.15) is 14.9 Å². The fraction of sp³-hybridized carbons (Fsp3) is 0.0435. The zero-order valence-electron chi connectivity index (χ0n) is 16.1. The smallest absolute Gasteiger partial charge is 0.267 e. The number of aromatic nitrogens is 2. The first-order chi connectivity index (χ1) is 14.7. The number of carbonyl (C=O) groups excluding carboxylic acids is 1. The standard InChI is InChI=1S/C23H18N4O2S/c1-30-18-13-11-16(12-14-18)15-24-25-22(28)21-19-9-5-6-10-20(19)23(29)27(26-21)17-7-3-2-4-8-17/h2-15H,1H3,(H,25,28)/b24-15-. The molecule has 3 aromatic carbocycles. The number of carbonyl (C=O) groups is 1. The van der Waals surface area contributed by atoms with E-state index >= 15 is 0 Å². The van der Waals surface area contributed by atoms with Gasteiger partial charge in [-0.25, -0.2) is 5.43 Å². The van der Waals surface area contributed by atoms with Gasteiger partial charge in [0.15, 0.2) is 5.69 Å². The van der Waals surface area contributed by atoms with E-state index in [9.17, 15) is 9.59 Å². The minimum Gasteiger partial charge on any atom is -0.267 e. The van der Waals surface area contributed by atoms with Gasteiger partial charge < -0.3 is 0 Å². The first-order valence-corrected chi connectivity index (χ1v) is 10.4. The van der Waals surface area contributed by atoms with Gasteiger partial charge in [0, 0.05) is 10.3 Å². The minimum absolute atomic E-state index is 0.129. The molecule has 0 aliphatic rings. The predicted molar refractivity (Wildman–Crippen MR) is 121 cm³/mol. The Balaban J connectivity index is 1.68. The zero-order valence-corrected chi connectivity index (χ0v) is 17.0. The Kier molecular flexibility index (Phi) is 5.72. The molecule has 4 rings (SSSR count). The molecule has 0 bridgehead atoms. The van der Waals surface area contributed by atoms with Gasteiger partial charge in [0.1, 0.15) is 0 Å². The Labute approximate surface area is 177 Å². The molecule has 0 fully saturated rings. The first kappa shape index (κ1) is 19.6. The molecule has 0 aliphatic heterocycles. The van der Waals surface area contributed by atoms with E-state index in [1.165, 1.54) is 4.68 Å². The summed E-state index contributed by atoms with van der Waals surface area (Å²) in [7, 11) is 0. The van der Waals surface area contributed by atoms with Crippen molar-refractivity contribution < 1.29 is 4.79 Å². The summed E-state index contributed by atoms with van der Waals surface area (Å²) < 4.78 is 1.24. The largest absolute Gasteiger partial charge is 0.292 e. The molecule has 30 heavy (non-hydrogen) atoms. The molecule has 1 aromatic heterocycles. The van der Waals surface area contributed by atoms with Crippen molar-refractivity contribution in [3.8, 4) is 5.69 Å². The van der Waals surface area contributed by atoms with Gasteiger partial charge >= 0.3 is 0 Å². The average molecular weight is 414 g/mol. The molecule has 1 amide bonds. The molecule has 4 aromatic rings. The van der Waals surface area contributed by atoms with Crippen LogP contribution in [0.3, 0.4) is 0 Å². The van der Waals surface area contributed by atoms with Crippen molar-refractivity contribution in [3.63, 3.8) is 0 Å². The lowest BCUT2D eigenvalue weighted by molar-refractivity contribution is 0.0950. The molecule has 7 heteroatoms. The number of para-hydroxylation sites is 1. The van der Waals surface area contributed by atoms with E-state index < -0.39 is 5.91 Å². The summed E-state index contributed by atoms with van der Waals surface area (Å²) >= 11 is 1.65. The van der Waals surface area contributed by atoms with Gasteiger partial charge in [0.05, 0.1) is 17.3 Å². The second-order valence-electron chi connectivity index (χ2n) is 6.42. The van der Waals surface area contributed by atoms with Crippen LogP contribution in [0.5, 0.6) is 0 Å². The quantitative estimate of drug-likeness (QED) is 0.306. The third-order valence-corrected chi connectivity index (χ3v) is 5.26. The molecule has 1 N–H and O–H groups in total. The lowest BCUT2D eigenvalue weighted by atomic mass is 10.1. The number of thioether (sulfide) groups is 1. The Hall–Kier alpha value is -3.71. The van der Waals surface area contributed by atoms with Crippen LogP contribution >= 0.6 is 11.8 Å². The minimum atomic E-state index is -0.493. The molecule has 0 spiro atoms. The van der Waals surface area contributed by atoms with Crippen LogP contribution in [0.15, 0.2) is 93.7 Å². The lowest BCUT2D eigenvalue weighted by Gasteiger charge is -2.10.